The van der Waals surface area contributed by atoms with Crippen LogP contribution in [-0.2, 0) is 17.8 Å². The van der Waals surface area contributed by atoms with Crippen LogP contribution in [-0.4, -0.2) is 55.0 Å². The smallest absolute Gasteiger partial charge is 0.317 e. The molecule has 1 aliphatic rings. The first-order valence-electron chi connectivity index (χ1n) is 9.63. The van der Waals surface area contributed by atoms with Crippen LogP contribution in [0.2, 0.25) is 0 Å². The molecule has 3 amide bonds. The minimum Gasteiger partial charge on any atom is -0.497 e. The molecule has 0 aromatic heterocycles. The number of ether oxygens (including phenoxy) is 1. The fourth-order valence-electron chi connectivity index (χ4n) is 3.29. The van der Waals surface area contributed by atoms with Crippen LogP contribution in [0.1, 0.15) is 17.5 Å². The van der Waals surface area contributed by atoms with E-state index in [1.807, 2.05) is 59.5 Å². The lowest BCUT2D eigenvalue weighted by atomic mass is 10.1. The minimum absolute atomic E-state index is 0.0756. The molecule has 1 N–H and O–H groups in total. The molecule has 1 saturated heterocycles. The molecule has 1 heterocycles. The minimum atomic E-state index is -0.0756. The van der Waals surface area contributed by atoms with E-state index in [0.29, 0.717) is 39.1 Å². The van der Waals surface area contributed by atoms with Crippen molar-refractivity contribution in [3.63, 3.8) is 0 Å². The lowest BCUT2D eigenvalue weighted by Gasteiger charge is -2.22. The zero-order chi connectivity index (χ0) is 19.8. The summed E-state index contributed by atoms with van der Waals surface area (Å²) in [6.45, 7) is 2.96. The van der Waals surface area contributed by atoms with E-state index in [-0.39, 0.29) is 11.9 Å². The van der Waals surface area contributed by atoms with Gasteiger partial charge in [0.15, 0.2) is 0 Å². The van der Waals surface area contributed by atoms with Crippen molar-refractivity contribution in [1.82, 2.24) is 15.1 Å². The molecular formula is C22H27N3O3. The van der Waals surface area contributed by atoms with Crippen LogP contribution in [0.5, 0.6) is 5.75 Å². The number of nitrogens with one attached hydrogen (secondary N) is 1. The van der Waals surface area contributed by atoms with Crippen LogP contribution in [0.4, 0.5) is 4.79 Å². The van der Waals surface area contributed by atoms with E-state index in [0.717, 1.165) is 23.3 Å². The van der Waals surface area contributed by atoms with Gasteiger partial charge in [-0.1, -0.05) is 42.5 Å². The summed E-state index contributed by atoms with van der Waals surface area (Å²) in [6, 6.07) is 17.3. The van der Waals surface area contributed by atoms with Crippen LogP contribution in [0, 0.1) is 0 Å². The lowest BCUT2D eigenvalue weighted by Crippen LogP contribution is -2.42. The highest BCUT2D eigenvalue weighted by Crippen LogP contribution is 2.13. The second kappa shape index (κ2) is 9.78. The van der Waals surface area contributed by atoms with E-state index in [9.17, 15) is 9.59 Å². The number of nitrogens with zero attached hydrogens (tertiary/aromatic N) is 2. The SMILES string of the molecule is COc1ccc(CC(=O)N2CCCN(C(=O)NCc3ccccc3)CC2)cc1. The number of urea groups is 1. The molecule has 0 atom stereocenters. The normalized spacial score (nSPS) is 14.3. The summed E-state index contributed by atoms with van der Waals surface area (Å²) in [5.41, 5.74) is 2.04. The molecule has 0 unspecified atom stereocenters. The molecule has 0 radical (unpaired) electrons. The summed E-state index contributed by atoms with van der Waals surface area (Å²) in [5, 5.41) is 2.96. The zero-order valence-electron chi connectivity index (χ0n) is 16.3. The lowest BCUT2D eigenvalue weighted by molar-refractivity contribution is -0.130. The van der Waals surface area contributed by atoms with E-state index in [2.05, 4.69) is 5.32 Å². The second-order valence-corrected chi connectivity index (χ2v) is 6.89. The first kappa shape index (κ1) is 19.7. The fourth-order valence-corrected chi connectivity index (χ4v) is 3.29. The zero-order valence-corrected chi connectivity index (χ0v) is 16.3. The Morgan fingerprint density at radius 3 is 2.29 bits per heavy atom. The summed E-state index contributed by atoms with van der Waals surface area (Å²) < 4.78 is 5.15. The Hall–Kier alpha value is -3.02. The van der Waals surface area contributed by atoms with Crippen LogP contribution < -0.4 is 10.1 Å². The van der Waals surface area contributed by atoms with Gasteiger partial charge >= 0.3 is 6.03 Å². The van der Waals surface area contributed by atoms with Crippen LogP contribution in [0.15, 0.2) is 54.6 Å². The molecule has 1 aliphatic heterocycles. The number of methoxy groups -OCH3 is 1. The Balaban J connectivity index is 1.48. The maximum Gasteiger partial charge on any atom is 0.317 e. The molecule has 28 heavy (non-hydrogen) atoms. The van der Waals surface area contributed by atoms with E-state index in [1.165, 1.54) is 0 Å². The summed E-state index contributed by atoms with van der Waals surface area (Å²) in [7, 11) is 1.62. The van der Waals surface area contributed by atoms with Gasteiger partial charge in [0.2, 0.25) is 5.91 Å². The summed E-state index contributed by atoms with van der Waals surface area (Å²) in [6.07, 6.45) is 1.15. The van der Waals surface area contributed by atoms with Crippen molar-refractivity contribution < 1.29 is 14.3 Å². The first-order chi connectivity index (χ1) is 13.7. The van der Waals surface area contributed by atoms with E-state index in [1.54, 1.807) is 12.0 Å². The summed E-state index contributed by atoms with van der Waals surface area (Å²) in [5.74, 6) is 0.875. The van der Waals surface area contributed by atoms with Gasteiger partial charge in [0.1, 0.15) is 5.75 Å². The predicted molar refractivity (Wildman–Crippen MR) is 108 cm³/mol. The number of carbonyl (C=O) groups is 2. The van der Waals surface area contributed by atoms with Crippen molar-refractivity contribution in [3.8, 4) is 5.75 Å². The number of amides is 3. The van der Waals surface area contributed by atoms with Gasteiger partial charge in [0, 0.05) is 32.7 Å². The van der Waals surface area contributed by atoms with Crippen LogP contribution >= 0.6 is 0 Å². The van der Waals surface area contributed by atoms with Crippen molar-refractivity contribution in [3.05, 3.63) is 65.7 Å². The molecule has 2 aromatic rings. The predicted octanol–water partition coefficient (Wildman–Crippen LogP) is 2.68. The Morgan fingerprint density at radius 2 is 1.57 bits per heavy atom. The van der Waals surface area contributed by atoms with Crippen molar-refractivity contribution in [2.75, 3.05) is 33.3 Å². The molecule has 0 saturated carbocycles. The third kappa shape index (κ3) is 5.49. The third-order valence-corrected chi connectivity index (χ3v) is 4.94. The number of benzene rings is 2. The topological polar surface area (TPSA) is 61.9 Å². The quantitative estimate of drug-likeness (QED) is 0.866. The highest BCUT2D eigenvalue weighted by molar-refractivity contribution is 5.79. The number of hydrogen-bond donors (Lipinski definition) is 1. The standard InChI is InChI=1S/C22H27N3O3/c1-28-20-10-8-18(9-11-20)16-21(26)24-12-5-13-25(15-14-24)22(27)23-17-19-6-3-2-4-7-19/h2-4,6-11H,5,12-17H2,1H3,(H,23,27). The summed E-state index contributed by atoms with van der Waals surface area (Å²) in [4.78, 5) is 28.7. The number of hydrogen-bond acceptors (Lipinski definition) is 3. The molecule has 3 rings (SSSR count). The highest BCUT2D eigenvalue weighted by atomic mass is 16.5. The Kier molecular flexibility index (Phi) is 6.89. The summed E-state index contributed by atoms with van der Waals surface area (Å²) >= 11 is 0. The molecule has 2 aromatic carbocycles. The maximum atomic E-state index is 12.6. The van der Waals surface area contributed by atoms with Crippen LogP contribution in [0.3, 0.4) is 0 Å². The molecule has 0 aliphatic carbocycles. The van der Waals surface area contributed by atoms with Gasteiger partial charge < -0.3 is 19.9 Å². The van der Waals surface area contributed by atoms with Gasteiger partial charge in [0.05, 0.1) is 13.5 Å². The van der Waals surface area contributed by atoms with E-state index in [4.69, 9.17) is 4.74 Å². The monoisotopic (exact) mass is 381 g/mol. The van der Waals surface area contributed by atoms with Crippen molar-refractivity contribution >= 4 is 11.9 Å². The van der Waals surface area contributed by atoms with Gasteiger partial charge in [0.25, 0.3) is 0 Å². The third-order valence-electron chi connectivity index (χ3n) is 4.94. The molecule has 1 fully saturated rings. The van der Waals surface area contributed by atoms with Gasteiger partial charge in [-0.25, -0.2) is 4.79 Å². The van der Waals surface area contributed by atoms with E-state index >= 15 is 0 Å². The van der Waals surface area contributed by atoms with Crippen molar-refractivity contribution in [2.45, 2.75) is 19.4 Å². The molecule has 0 spiro atoms. The number of carbonyl (C=O) groups excluding carboxylic acids is 2. The Bertz CT molecular complexity index is 777. The van der Waals surface area contributed by atoms with Gasteiger partial charge in [-0.3, -0.25) is 4.79 Å². The largest absolute Gasteiger partial charge is 0.497 e. The average molecular weight is 381 g/mol. The van der Waals surface area contributed by atoms with Crippen LogP contribution in [0.25, 0.3) is 0 Å². The fraction of sp³-hybridized carbons (Fsp3) is 0.364. The molecule has 6 nitrogen and oxygen atoms in total. The van der Waals surface area contributed by atoms with Gasteiger partial charge in [-0.15, -0.1) is 0 Å². The molecule has 0 bridgehead atoms. The molecular weight excluding hydrogens is 354 g/mol. The Morgan fingerprint density at radius 1 is 0.893 bits per heavy atom. The number of rotatable bonds is 5. The second-order valence-electron chi connectivity index (χ2n) is 6.89. The van der Waals surface area contributed by atoms with Crippen molar-refractivity contribution in [1.29, 1.82) is 0 Å². The van der Waals surface area contributed by atoms with Gasteiger partial charge in [-0.2, -0.15) is 0 Å². The molecule has 6 heteroatoms. The maximum absolute atomic E-state index is 12.6. The van der Waals surface area contributed by atoms with E-state index < -0.39 is 0 Å². The van der Waals surface area contributed by atoms with Gasteiger partial charge in [-0.05, 0) is 29.7 Å². The molecule has 148 valence electrons. The highest BCUT2D eigenvalue weighted by Gasteiger charge is 2.22. The van der Waals surface area contributed by atoms with Crippen molar-refractivity contribution in [2.24, 2.45) is 0 Å². The average Bonchev–Trinajstić information content (AvgIpc) is 3.00. The Labute approximate surface area is 166 Å². The first-order valence-corrected chi connectivity index (χ1v) is 9.63.